The van der Waals surface area contributed by atoms with Gasteiger partial charge in [0.2, 0.25) is 0 Å². The molecular formula is C18H24N4O3. The van der Waals surface area contributed by atoms with Crippen molar-refractivity contribution in [2.24, 2.45) is 0 Å². The molecule has 7 heteroatoms. The summed E-state index contributed by atoms with van der Waals surface area (Å²) in [7, 11) is 1.65. The lowest BCUT2D eigenvalue weighted by atomic mass is 10.1. The Labute approximate surface area is 147 Å². The minimum absolute atomic E-state index is 0.00973. The fourth-order valence-corrected chi connectivity index (χ4v) is 2.86. The maximum absolute atomic E-state index is 12.3. The van der Waals surface area contributed by atoms with Crippen LogP contribution in [0.2, 0.25) is 0 Å². The van der Waals surface area contributed by atoms with Gasteiger partial charge in [0, 0.05) is 38.8 Å². The molecule has 0 saturated carbocycles. The second kappa shape index (κ2) is 7.92. The van der Waals surface area contributed by atoms with Crippen molar-refractivity contribution in [2.75, 3.05) is 44.7 Å². The van der Waals surface area contributed by atoms with E-state index in [4.69, 9.17) is 9.26 Å². The van der Waals surface area contributed by atoms with Crippen molar-refractivity contribution >= 4 is 11.8 Å². The summed E-state index contributed by atoms with van der Waals surface area (Å²) in [6.07, 6.45) is 0.800. The maximum Gasteiger partial charge on any atom is 0.317 e. The van der Waals surface area contributed by atoms with Gasteiger partial charge in [0.05, 0.1) is 7.11 Å². The van der Waals surface area contributed by atoms with Crippen LogP contribution in [0.15, 0.2) is 34.9 Å². The molecule has 2 aromatic rings. The standard InChI is InChI=1S/C18H24N4O3/c1-14-13-17(20-25-14)21-9-11-22(12-10-21)18(23)19-8-7-15-3-5-16(24-2)6-4-15/h3-6,13H,7-12H2,1-2H3,(H,19,23). The normalized spacial score (nSPS) is 14.5. The Balaban J connectivity index is 1.40. The van der Waals surface area contributed by atoms with Gasteiger partial charge in [-0.25, -0.2) is 4.79 Å². The topological polar surface area (TPSA) is 70.8 Å². The van der Waals surface area contributed by atoms with Gasteiger partial charge in [0.25, 0.3) is 0 Å². The first-order chi connectivity index (χ1) is 12.2. The Morgan fingerprint density at radius 3 is 2.56 bits per heavy atom. The van der Waals surface area contributed by atoms with E-state index in [1.807, 2.05) is 42.2 Å². The molecule has 25 heavy (non-hydrogen) atoms. The van der Waals surface area contributed by atoms with Crippen molar-refractivity contribution in [3.05, 3.63) is 41.7 Å². The molecule has 1 aliphatic heterocycles. The van der Waals surface area contributed by atoms with Gasteiger partial charge in [0.1, 0.15) is 11.5 Å². The molecule has 1 aromatic heterocycles. The number of carbonyl (C=O) groups is 1. The average Bonchev–Trinajstić information content (AvgIpc) is 3.09. The minimum Gasteiger partial charge on any atom is -0.497 e. The zero-order valence-corrected chi connectivity index (χ0v) is 14.7. The molecule has 0 atom stereocenters. The number of benzene rings is 1. The highest BCUT2D eigenvalue weighted by Gasteiger charge is 2.22. The first kappa shape index (κ1) is 17.1. The molecule has 1 saturated heterocycles. The van der Waals surface area contributed by atoms with Gasteiger partial charge in [-0.1, -0.05) is 17.3 Å². The summed E-state index contributed by atoms with van der Waals surface area (Å²) in [5.74, 6) is 2.48. The molecule has 134 valence electrons. The number of nitrogens with one attached hydrogen (secondary N) is 1. The smallest absolute Gasteiger partial charge is 0.317 e. The molecule has 0 bridgehead atoms. The third kappa shape index (κ3) is 4.43. The van der Waals surface area contributed by atoms with E-state index in [2.05, 4.69) is 15.4 Å². The van der Waals surface area contributed by atoms with E-state index in [9.17, 15) is 4.79 Å². The summed E-state index contributed by atoms with van der Waals surface area (Å²) in [6, 6.07) is 9.81. The molecule has 1 N–H and O–H groups in total. The lowest BCUT2D eigenvalue weighted by molar-refractivity contribution is 0.194. The molecule has 0 spiro atoms. The molecule has 0 radical (unpaired) electrons. The van der Waals surface area contributed by atoms with Crippen LogP contribution < -0.4 is 15.0 Å². The summed E-state index contributed by atoms with van der Waals surface area (Å²) in [6.45, 7) is 5.38. The Kier molecular flexibility index (Phi) is 5.42. The van der Waals surface area contributed by atoms with E-state index < -0.39 is 0 Å². The minimum atomic E-state index is -0.00973. The number of anilines is 1. The molecule has 7 nitrogen and oxygen atoms in total. The van der Waals surface area contributed by atoms with Crippen molar-refractivity contribution in [1.82, 2.24) is 15.4 Å². The highest BCUT2D eigenvalue weighted by molar-refractivity contribution is 5.74. The molecule has 1 fully saturated rings. The summed E-state index contributed by atoms with van der Waals surface area (Å²) >= 11 is 0. The maximum atomic E-state index is 12.3. The number of nitrogens with zero attached hydrogens (tertiary/aromatic N) is 3. The molecule has 0 aliphatic carbocycles. The van der Waals surface area contributed by atoms with Crippen LogP contribution in [-0.2, 0) is 6.42 Å². The number of aromatic nitrogens is 1. The number of hydrogen-bond donors (Lipinski definition) is 1. The quantitative estimate of drug-likeness (QED) is 0.899. The van der Waals surface area contributed by atoms with Crippen LogP contribution in [0.1, 0.15) is 11.3 Å². The highest BCUT2D eigenvalue weighted by Crippen LogP contribution is 2.16. The zero-order valence-electron chi connectivity index (χ0n) is 14.7. The summed E-state index contributed by atoms with van der Waals surface area (Å²) in [5, 5.41) is 7.02. The van der Waals surface area contributed by atoms with Crippen LogP contribution in [-0.4, -0.2) is 55.9 Å². The number of methoxy groups -OCH3 is 1. The molecule has 3 rings (SSSR count). The van der Waals surface area contributed by atoms with Gasteiger partial charge in [-0.15, -0.1) is 0 Å². The molecule has 1 aromatic carbocycles. The van der Waals surface area contributed by atoms with E-state index in [-0.39, 0.29) is 6.03 Å². The number of hydrogen-bond acceptors (Lipinski definition) is 5. The van der Waals surface area contributed by atoms with Crippen LogP contribution in [0, 0.1) is 6.92 Å². The van der Waals surface area contributed by atoms with Gasteiger partial charge >= 0.3 is 6.03 Å². The predicted octanol–water partition coefficient (Wildman–Crippen LogP) is 2.07. The molecule has 1 aliphatic rings. The highest BCUT2D eigenvalue weighted by atomic mass is 16.5. The average molecular weight is 344 g/mol. The SMILES string of the molecule is COc1ccc(CCNC(=O)N2CCN(c3cc(C)on3)CC2)cc1. The monoisotopic (exact) mass is 344 g/mol. The van der Waals surface area contributed by atoms with Crippen LogP contribution in [0.3, 0.4) is 0 Å². The number of rotatable bonds is 5. The van der Waals surface area contributed by atoms with Crippen LogP contribution in [0.5, 0.6) is 5.75 Å². The fraction of sp³-hybridized carbons (Fsp3) is 0.444. The third-order valence-electron chi connectivity index (χ3n) is 4.36. The van der Waals surface area contributed by atoms with Gasteiger partial charge in [-0.05, 0) is 31.0 Å². The lowest BCUT2D eigenvalue weighted by Crippen LogP contribution is -2.52. The van der Waals surface area contributed by atoms with Gasteiger partial charge in [-0.2, -0.15) is 0 Å². The Morgan fingerprint density at radius 1 is 1.24 bits per heavy atom. The van der Waals surface area contributed by atoms with E-state index in [1.54, 1.807) is 7.11 Å². The van der Waals surface area contributed by atoms with Crippen molar-refractivity contribution in [3.63, 3.8) is 0 Å². The summed E-state index contributed by atoms with van der Waals surface area (Å²) < 4.78 is 10.3. The van der Waals surface area contributed by atoms with Gasteiger partial charge in [0.15, 0.2) is 5.82 Å². The van der Waals surface area contributed by atoms with E-state index in [0.717, 1.165) is 36.8 Å². The number of amides is 2. The molecule has 2 heterocycles. The second-order valence-electron chi connectivity index (χ2n) is 6.10. The van der Waals surface area contributed by atoms with Crippen LogP contribution in [0.4, 0.5) is 10.6 Å². The second-order valence-corrected chi connectivity index (χ2v) is 6.10. The Morgan fingerprint density at radius 2 is 1.96 bits per heavy atom. The Bertz CT molecular complexity index is 691. The fourth-order valence-electron chi connectivity index (χ4n) is 2.86. The van der Waals surface area contributed by atoms with Gasteiger partial charge < -0.3 is 24.4 Å². The van der Waals surface area contributed by atoms with Crippen molar-refractivity contribution in [1.29, 1.82) is 0 Å². The number of piperazine rings is 1. The summed E-state index contributed by atoms with van der Waals surface area (Å²) in [5.41, 5.74) is 1.17. The molecular weight excluding hydrogens is 320 g/mol. The van der Waals surface area contributed by atoms with Crippen LogP contribution >= 0.6 is 0 Å². The van der Waals surface area contributed by atoms with Gasteiger partial charge in [-0.3, -0.25) is 0 Å². The first-order valence-corrected chi connectivity index (χ1v) is 8.49. The number of carbonyl (C=O) groups excluding carboxylic acids is 1. The Hall–Kier alpha value is -2.70. The largest absolute Gasteiger partial charge is 0.497 e. The van der Waals surface area contributed by atoms with Crippen molar-refractivity contribution in [3.8, 4) is 5.75 Å². The first-order valence-electron chi connectivity index (χ1n) is 8.49. The van der Waals surface area contributed by atoms with Crippen molar-refractivity contribution in [2.45, 2.75) is 13.3 Å². The molecule has 0 unspecified atom stereocenters. The van der Waals surface area contributed by atoms with E-state index >= 15 is 0 Å². The van der Waals surface area contributed by atoms with E-state index in [1.165, 1.54) is 5.56 Å². The zero-order chi connectivity index (χ0) is 17.6. The van der Waals surface area contributed by atoms with Crippen molar-refractivity contribution < 1.29 is 14.1 Å². The predicted molar refractivity (Wildman–Crippen MR) is 95.1 cm³/mol. The molecule has 2 amide bonds. The lowest BCUT2D eigenvalue weighted by Gasteiger charge is -2.34. The number of ether oxygens (including phenoxy) is 1. The van der Waals surface area contributed by atoms with E-state index in [0.29, 0.717) is 19.6 Å². The van der Waals surface area contributed by atoms with Crippen LogP contribution in [0.25, 0.3) is 0 Å². The third-order valence-corrected chi connectivity index (χ3v) is 4.36. The number of aryl methyl sites for hydroxylation is 1. The summed E-state index contributed by atoms with van der Waals surface area (Å²) in [4.78, 5) is 16.3. The number of urea groups is 1.